The number of hydrogen-bond donors (Lipinski definition) is 1. The quantitative estimate of drug-likeness (QED) is 0.689. The van der Waals surface area contributed by atoms with Gasteiger partial charge in [-0.3, -0.25) is 4.79 Å². The number of nitrogens with two attached hydrogens (primary N) is 1. The van der Waals surface area contributed by atoms with E-state index in [2.05, 4.69) is 0 Å². The smallest absolute Gasteiger partial charge is 0.313 e. The van der Waals surface area contributed by atoms with Gasteiger partial charge in [-0.25, -0.2) is 0 Å². The second kappa shape index (κ2) is 6.08. The van der Waals surface area contributed by atoms with E-state index in [1.807, 2.05) is 18.2 Å². The lowest BCUT2D eigenvalue weighted by Crippen LogP contribution is -2.13. The van der Waals surface area contributed by atoms with Crippen LogP contribution in [0.3, 0.4) is 0 Å². The van der Waals surface area contributed by atoms with Crippen molar-refractivity contribution in [1.29, 1.82) is 0 Å². The fourth-order valence-corrected chi connectivity index (χ4v) is 2.66. The first-order chi connectivity index (χ1) is 9.06. The number of nitrogen functional groups attached to an aromatic ring is 1. The number of carbonyl (C=O) groups is 1. The largest absolute Gasteiger partial charge is 0.460 e. The summed E-state index contributed by atoms with van der Waals surface area (Å²) in [5.74, 6) is -0.603. The second-order valence-electron chi connectivity index (χ2n) is 4.21. The zero-order valence-corrected chi connectivity index (χ0v) is 12.0. The number of benzene rings is 1. The number of anilines is 1. The highest BCUT2D eigenvalue weighted by Gasteiger charge is 2.17. The van der Waals surface area contributed by atoms with Crippen LogP contribution in [0, 0.1) is 0 Å². The molecule has 2 N–H and O–H groups in total. The minimum atomic E-state index is -0.334. The Hall–Kier alpha value is -1.52. The number of esters is 1. The first kappa shape index (κ1) is 13.9. The summed E-state index contributed by atoms with van der Waals surface area (Å²) in [5, 5.41) is 0. The minimum Gasteiger partial charge on any atom is -0.460 e. The molecule has 0 saturated carbocycles. The molecule has 19 heavy (non-hydrogen) atoms. The van der Waals surface area contributed by atoms with Gasteiger partial charge in [0.15, 0.2) is 0 Å². The summed E-state index contributed by atoms with van der Waals surface area (Å²) in [6, 6.07) is 10.9. The van der Waals surface area contributed by atoms with Crippen LogP contribution in [-0.2, 0) is 16.1 Å². The average molecular weight is 296 g/mol. The van der Waals surface area contributed by atoms with Crippen molar-refractivity contribution in [3.63, 3.8) is 0 Å². The van der Waals surface area contributed by atoms with Gasteiger partial charge in [0, 0.05) is 10.6 Å². The number of ether oxygens (including phenoxy) is 1. The van der Waals surface area contributed by atoms with Gasteiger partial charge in [-0.15, -0.1) is 11.3 Å². The van der Waals surface area contributed by atoms with Gasteiger partial charge in [0.1, 0.15) is 6.61 Å². The molecule has 1 aromatic heterocycles. The highest BCUT2D eigenvalue weighted by atomic mass is 35.5. The molecule has 5 heteroatoms. The van der Waals surface area contributed by atoms with Crippen molar-refractivity contribution in [2.75, 3.05) is 5.73 Å². The Morgan fingerprint density at radius 1 is 1.42 bits per heavy atom. The molecule has 3 nitrogen and oxygen atoms in total. The van der Waals surface area contributed by atoms with Crippen molar-refractivity contribution in [1.82, 2.24) is 0 Å². The van der Waals surface area contributed by atoms with Gasteiger partial charge in [-0.2, -0.15) is 0 Å². The van der Waals surface area contributed by atoms with Gasteiger partial charge in [-0.05, 0) is 36.8 Å². The van der Waals surface area contributed by atoms with Gasteiger partial charge in [0.2, 0.25) is 0 Å². The Balaban J connectivity index is 1.96. The molecule has 0 amide bonds. The van der Waals surface area contributed by atoms with Gasteiger partial charge >= 0.3 is 5.97 Å². The molecule has 2 aromatic rings. The van der Waals surface area contributed by atoms with Crippen LogP contribution in [0.5, 0.6) is 0 Å². The maximum atomic E-state index is 11.9. The Morgan fingerprint density at radius 3 is 2.84 bits per heavy atom. The summed E-state index contributed by atoms with van der Waals surface area (Å²) in [6.45, 7) is 2.06. The highest BCUT2D eigenvalue weighted by molar-refractivity contribution is 7.16. The molecule has 1 atom stereocenters. The summed E-state index contributed by atoms with van der Waals surface area (Å²) < 4.78 is 5.96. The predicted molar refractivity (Wildman–Crippen MR) is 78.4 cm³/mol. The van der Waals surface area contributed by atoms with E-state index >= 15 is 0 Å². The van der Waals surface area contributed by atoms with Gasteiger partial charge in [-0.1, -0.05) is 23.7 Å². The molecule has 1 unspecified atom stereocenters. The topological polar surface area (TPSA) is 52.3 Å². The summed E-state index contributed by atoms with van der Waals surface area (Å²) in [4.78, 5) is 12.9. The minimum absolute atomic E-state index is 0.253. The maximum absolute atomic E-state index is 11.9. The van der Waals surface area contributed by atoms with Gasteiger partial charge < -0.3 is 10.5 Å². The zero-order chi connectivity index (χ0) is 13.8. The van der Waals surface area contributed by atoms with E-state index in [4.69, 9.17) is 22.1 Å². The first-order valence-electron chi connectivity index (χ1n) is 5.82. The van der Waals surface area contributed by atoms with Crippen molar-refractivity contribution in [3.8, 4) is 0 Å². The van der Waals surface area contributed by atoms with Crippen molar-refractivity contribution in [2.24, 2.45) is 0 Å². The average Bonchev–Trinajstić information content (AvgIpc) is 2.81. The van der Waals surface area contributed by atoms with E-state index < -0.39 is 0 Å². The number of thiophene rings is 1. The number of halogens is 1. The molecule has 0 bridgehead atoms. The normalized spacial score (nSPS) is 12.1. The molecule has 0 aliphatic carbocycles. The molecule has 0 saturated heterocycles. The molecular formula is C14H14ClNO2S. The fraction of sp³-hybridized carbons (Fsp3) is 0.214. The third-order valence-corrected chi connectivity index (χ3v) is 3.95. The highest BCUT2D eigenvalue weighted by Crippen LogP contribution is 2.24. The molecule has 0 radical (unpaired) electrons. The third-order valence-electron chi connectivity index (χ3n) is 2.75. The van der Waals surface area contributed by atoms with Gasteiger partial charge in [0.25, 0.3) is 0 Å². The van der Waals surface area contributed by atoms with E-state index in [1.54, 1.807) is 25.1 Å². The van der Waals surface area contributed by atoms with Crippen molar-refractivity contribution < 1.29 is 9.53 Å². The van der Waals surface area contributed by atoms with Crippen LogP contribution >= 0.6 is 22.9 Å². The molecule has 0 spiro atoms. The Labute approximate surface area is 121 Å². The second-order valence-corrected chi connectivity index (χ2v) is 6.00. The van der Waals surface area contributed by atoms with Crippen LogP contribution < -0.4 is 5.73 Å². The van der Waals surface area contributed by atoms with E-state index in [0.717, 1.165) is 10.4 Å². The van der Waals surface area contributed by atoms with E-state index in [0.29, 0.717) is 10.0 Å². The van der Waals surface area contributed by atoms with Gasteiger partial charge in [0.05, 0.1) is 10.3 Å². The number of rotatable bonds is 4. The number of carbonyl (C=O) groups excluding carboxylic acids is 1. The SMILES string of the molecule is CC(C(=O)OCc1ccc(Cl)s1)c1cccc(N)c1. The zero-order valence-electron chi connectivity index (χ0n) is 10.4. The monoisotopic (exact) mass is 295 g/mol. The molecule has 1 heterocycles. The van der Waals surface area contributed by atoms with Crippen molar-refractivity contribution in [2.45, 2.75) is 19.4 Å². The van der Waals surface area contributed by atoms with E-state index in [1.165, 1.54) is 11.3 Å². The van der Waals surface area contributed by atoms with E-state index in [9.17, 15) is 4.79 Å². The molecule has 1 aromatic carbocycles. The molecule has 0 aliphatic rings. The van der Waals surface area contributed by atoms with Crippen LogP contribution in [0.4, 0.5) is 5.69 Å². The van der Waals surface area contributed by atoms with Crippen LogP contribution in [0.1, 0.15) is 23.3 Å². The fourth-order valence-electron chi connectivity index (χ4n) is 1.66. The molecule has 2 rings (SSSR count). The molecule has 0 fully saturated rings. The lowest BCUT2D eigenvalue weighted by Gasteiger charge is -2.11. The predicted octanol–water partition coefficient (Wildman–Crippen LogP) is 3.83. The van der Waals surface area contributed by atoms with Crippen LogP contribution in [0.25, 0.3) is 0 Å². The van der Waals surface area contributed by atoms with Crippen LogP contribution in [0.15, 0.2) is 36.4 Å². The maximum Gasteiger partial charge on any atom is 0.313 e. The Bertz CT molecular complexity index is 582. The Kier molecular flexibility index (Phi) is 4.45. The summed E-state index contributed by atoms with van der Waals surface area (Å²) >= 11 is 7.22. The summed E-state index contributed by atoms with van der Waals surface area (Å²) in [6.07, 6.45) is 0. The third kappa shape index (κ3) is 3.72. The lowest BCUT2D eigenvalue weighted by atomic mass is 10.0. The molecule has 0 aliphatic heterocycles. The number of hydrogen-bond acceptors (Lipinski definition) is 4. The lowest BCUT2D eigenvalue weighted by molar-refractivity contribution is -0.146. The van der Waals surface area contributed by atoms with E-state index in [-0.39, 0.29) is 18.5 Å². The first-order valence-corrected chi connectivity index (χ1v) is 7.02. The summed E-state index contributed by atoms with van der Waals surface area (Å²) in [5.41, 5.74) is 7.20. The standard InChI is InChI=1S/C14H14ClNO2S/c1-9(10-3-2-4-11(16)7-10)14(17)18-8-12-5-6-13(15)19-12/h2-7,9H,8,16H2,1H3. The Morgan fingerprint density at radius 2 is 2.21 bits per heavy atom. The van der Waals surface area contributed by atoms with Crippen molar-refractivity contribution in [3.05, 3.63) is 51.2 Å². The molecular weight excluding hydrogens is 282 g/mol. The molecule has 100 valence electrons. The summed E-state index contributed by atoms with van der Waals surface area (Å²) in [7, 11) is 0. The van der Waals surface area contributed by atoms with Crippen molar-refractivity contribution >= 4 is 34.6 Å². The van der Waals surface area contributed by atoms with Crippen LogP contribution in [0.2, 0.25) is 4.34 Å². The van der Waals surface area contributed by atoms with Crippen LogP contribution in [-0.4, -0.2) is 5.97 Å².